The highest BCUT2D eigenvalue weighted by molar-refractivity contribution is 7.86. The molecule has 0 bridgehead atoms. The van der Waals surface area contributed by atoms with Crippen LogP contribution in [-0.2, 0) is 35.6 Å². The lowest BCUT2D eigenvalue weighted by Gasteiger charge is -2.40. The summed E-state index contributed by atoms with van der Waals surface area (Å²) in [6.07, 6.45) is 3.57. The largest absolute Gasteiger partial charge is 0.460 e. The molecule has 1 heterocycles. The van der Waals surface area contributed by atoms with Crippen LogP contribution in [0, 0.1) is 23.7 Å². The number of aliphatic hydroxyl groups excluding tert-OH is 1. The molecule has 1 aromatic rings. The van der Waals surface area contributed by atoms with Crippen LogP contribution in [0.3, 0.4) is 0 Å². The van der Waals surface area contributed by atoms with E-state index in [2.05, 4.69) is 10.6 Å². The Kier molecular flexibility index (Phi) is 12.9. The SMILES string of the molecule is CC(C)C[C@@H](CC[C@@H](C[C@@H]1CCNC1=O)C(O)S(=O)(=O)O)NC(=O)OC1(Cc2ccccc2)CCC(C(=O)OC(C)(C)C)CC1. The Bertz CT molecular complexity index is 1240. The summed E-state index contributed by atoms with van der Waals surface area (Å²) >= 11 is 0. The van der Waals surface area contributed by atoms with Crippen LogP contribution < -0.4 is 10.6 Å². The number of hydrogen-bond donors (Lipinski definition) is 4. The van der Waals surface area contributed by atoms with Gasteiger partial charge in [0.05, 0.1) is 5.92 Å². The van der Waals surface area contributed by atoms with Crippen LogP contribution in [0.1, 0.15) is 98.0 Å². The van der Waals surface area contributed by atoms with Gasteiger partial charge in [-0.05, 0) is 90.0 Å². The quantitative estimate of drug-likeness (QED) is 0.163. The maximum atomic E-state index is 13.5. The highest BCUT2D eigenvalue weighted by Gasteiger charge is 2.42. The summed E-state index contributed by atoms with van der Waals surface area (Å²) in [4.78, 5) is 38.5. The number of carbonyl (C=O) groups is 3. The molecule has 0 spiro atoms. The fourth-order valence-corrected chi connectivity index (χ4v) is 7.26. The Balaban J connectivity index is 1.72. The molecule has 2 aliphatic rings. The monoisotopic (exact) mass is 652 g/mol. The van der Waals surface area contributed by atoms with E-state index in [1.807, 2.05) is 65.0 Å². The zero-order valence-electron chi connectivity index (χ0n) is 27.3. The van der Waals surface area contributed by atoms with Crippen molar-refractivity contribution in [2.45, 2.75) is 122 Å². The van der Waals surface area contributed by atoms with Gasteiger partial charge in [0.15, 0.2) is 5.44 Å². The molecule has 2 amide bonds. The van der Waals surface area contributed by atoms with Gasteiger partial charge in [-0.15, -0.1) is 0 Å². The first-order valence-corrected chi connectivity index (χ1v) is 17.6. The Labute approximate surface area is 268 Å². The second kappa shape index (κ2) is 15.7. The smallest absolute Gasteiger partial charge is 0.407 e. The fraction of sp³-hybridized carbons (Fsp3) is 0.727. The number of rotatable bonds is 14. The molecule has 4 N–H and O–H groups in total. The van der Waals surface area contributed by atoms with Crippen molar-refractivity contribution in [1.82, 2.24) is 10.6 Å². The van der Waals surface area contributed by atoms with E-state index in [1.54, 1.807) is 0 Å². The second-order valence-electron chi connectivity index (χ2n) is 14.3. The van der Waals surface area contributed by atoms with Crippen molar-refractivity contribution >= 4 is 28.1 Å². The van der Waals surface area contributed by atoms with Crippen molar-refractivity contribution in [3.63, 3.8) is 0 Å². The van der Waals surface area contributed by atoms with Gasteiger partial charge in [-0.2, -0.15) is 8.42 Å². The lowest BCUT2D eigenvalue weighted by Crippen LogP contribution is -2.47. The van der Waals surface area contributed by atoms with Gasteiger partial charge >= 0.3 is 12.1 Å². The second-order valence-corrected chi connectivity index (χ2v) is 15.8. The van der Waals surface area contributed by atoms with Crippen LogP contribution in [-0.4, -0.2) is 65.3 Å². The van der Waals surface area contributed by atoms with Crippen molar-refractivity contribution in [3.05, 3.63) is 35.9 Å². The van der Waals surface area contributed by atoms with Gasteiger partial charge in [-0.3, -0.25) is 14.1 Å². The highest BCUT2D eigenvalue weighted by atomic mass is 32.2. The molecular weight excluding hydrogens is 600 g/mol. The molecule has 0 radical (unpaired) electrons. The summed E-state index contributed by atoms with van der Waals surface area (Å²) < 4.78 is 45.1. The number of alkyl carbamates (subject to hydrolysis) is 1. The summed E-state index contributed by atoms with van der Waals surface area (Å²) in [5, 5.41) is 16.2. The van der Waals surface area contributed by atoms with Crippen LogP contribution in [0.2, 0.25) is 0 Å². The Morgan fingerprint density at radius 3 is 2.27 bits per heavy atom. The van der Waals surface area contributed by atoms with E-state index in [0.29, 0.717) is 57.9 Å². The van der Waals surface area contributed by atoms with E-state index in [9.17, 15) is 32.5 Å². The molecule has 1 aliphatic carbocycles. The number of ether oxygens (including phenoxy) is 2. The van der Waals surface area contributed by atoms with Gasteiger partial charge in [-0.1, -0.05) is 44.2 Å². The van der Waals surface area contributed by atoms with Gasteiger partial charge in [0.1, 0.15) is 11.2 Å². The Hall–Kier alpha value is -2.70. The molecule has 11 nitrogen and oxygen atoms in total. The van der Waals surface area contributed by atoms with Crippen LogP contribution in [0.5, 0.6) is 0 Å². The van der Waals surface area contributed by atoms with Crippen molar-refractivity contribution in [2.75, 3.05) is 6.54 Å². The third-order valence-corrected chi connectivity index (χ3v) is 9.73. The minimum Gasteiger partial charge on any atom is -0.460 e. The predicted molar refractivity (Wildman–Crippen MR) is 170 cm³/mol. The van der Waals surface area contributed by atoms with Gasteiger partial charge in [0.25, 0.3) is 10.1 Å². The van der Waals surface area contributed by atoms with E-state index in [0.717, 1.165) is 5.56 Å². The number of benzene rings is 1. The molecule has 12 heteroatoms. The van der Waals surface area contributed by atoms with Gasteiger partial charge in [0, 0.05) is 30.8 Å². The summed E-state index contributed by atoms with van der Waals surface area (Å²) in [7, 11) is -4.75. The minimum absolute atomic E-state index is 0.102. The third-order valence-electron chi connectivity index (χ3n) is 8.74. The van der Waals surface area contributed by atoms with Crippen molar-refractivity contribution in [2.24, 2.45) is 23.7 Å². The van der Waals surface area contributed by atoms with Crippen LogP contribution in [0.25, 0.3) is 0 Å². The number of aliphatic hydroxyl groups is 1. The summed E-state index contributed by atoms with van der Waals surface area (Å²) in [6.45, 7) is 10.00. The number of carbonyl (C=O) groups excluding carboxylic acids is 3. The number of nitrogens with one attached hydrogen (secondary N) is 2. The van der Waals surface area contributed by atoms with Crippen LogP contribution in [0.4, 0.5) is 4.79 Å². The number of amides is 2. The average molecular weight is 653 g/mol. The topological polar surface area (TPSA) is 168 Å². The van der Waals surface area contributed by atoms with E-state index in [1.165, 1.54) is 0 Å². The molecule has 4 atom stereocenters. The van der Waals surface area contributed by atoms with E-state index >= 15 is 0 Å². The van der Waals surface area contributed by atoms with Crippen molar-refractivity contribution < 1.29 is 41.9 Å². The molecule has 1 aromatic carbocycles. The van der Waals surface area contributed by atoms with E-state index in [4.69, 9.17) is 9.47 Å². The van der Waals surface area contributed by atoms with Crippen molar-refractivity contribution in [3.8, 4) is 0 Å². The van der Waals surface area contributed by atoms with Gasteiger partial charge in [-0.25, -0.2) is 4.79 Å². The molecule has 1 saturated carbocycles. The molecule has 1 aliphatic heterocycles. The average Bonchev–Trinajstić information content (AvgIpc) is 3.33. The van der Waals surface area contributed by atoms with E-state index < -0.39 is 50.7 Å². The fourth-order valence-electron chi connectivity index (χ4n) is 6.53. The molecule has 3 rings (SSSR count). The first-order chi connectivity index (χ1) is 21.0. The summed E-state index contributed by atoms with van der Waals surface area (Å²) in [6, 6.07) is 9.34. The Morgan fingerprint density at radius 1 is 1.09 bits per heavy atom. The third kappa shape index (κ3) is 11.9. The molecular formula is C33H52N2O9S. The lowest BCUT2D eigenvalue weighted by atomic mass is 9.75. The molecule has 45 heavy (non-hydrogen) atoms. The lowest BCUT2D eigenvalue weighted by molar-refractivity contribution is -0.163. The zero-order valence-corrected chi connectivity index (χ0v) is 28.1. The van der Waals surface area contributed by atoms with Crippen molar-refractivity contribution in [1.29, 1.82) is 0 Å². The number of esters is 1. The molecule has 2 fully saturated rings. The van der Waals surface area contributed by atoms with E-state index in [-0.39, 0.29) is 36.6 Å². The Morgan fingerprint density at radius 2 is 1.73 bits per heavy atom. The number of hydrogen-bond acceptors (Lipinski definition) is 8. The summed E-state index contributed by atoms with van der Waals surface area (Å²) in [5.74, 6) is -1.89. The van der Waals surface area contributed by atoms with Crippen LogP contribution >= 0.6 is 0 Å². The zero-order chi connectivity index (χ0) is 33.4. The first kappa shape index (κ1) is 36.8. The minimum atomic E-state index is -4.75. The highest BCUT2D eigenvalue weighted by Crippen LogP contribution is 2.39. The van der Waals surface area contributed by atoms with Gasteiger partial charge in [0.2, 0.25) is 5.91 Å². The molecule has 0 aromatic heterocycles. The predicted octanol–water partition coefficient (Wildman–Crippen LogP) is 4.77. The maximum absolute atomic E-state index is 13.5. The van der Waals surface area contributed by atoms with Crippen LogP contribution in [0.15, 0.2) is 30.3 Å². The first-order valence-electron chi connectivity index (χ1n) is 16.1. The maximum Gasteiger partial charge on any atom is 0.407 e. The normalized spacial score (nSPS) is 24.4. The molecule has 1 saturated heterocycles. The molecule has 254 valence electrons. The van der Waals surface area contributed by atoms with Gasteiger partial charge < -0.3 is 25.2 Å². The molecule has 1 unspecified atom stereocenters. The standard InChI is InChI=1S/C33H52N2O9S/c1-22(2)19-27(12-11-26(30(38)45(40,41)42)20-25-15-18-34-28(25)36)35-31(39)44-33(21-23-9-7-6-8-10-23)16-13-24(14-17-33)29(37)43-32(3,4)5/h6-10,22,24-27,30,38H,11-21H2,1-5H3,(H,34,36)(H,35,39)(H,40,41,42)/t24?,25-,26-,27+,30?,33?/m0/s1. The summed E-state index contributed by atoms with van der Waals surface area (Å²) in [5.41, 5.74) is -2.44.